The largest absolute Gasteiger partial charge is 0.306 e. The van der Waals surface area contributed by atoms with Gasteiger partial charge in [-0.2, -0.15) is 11.8 Å². The maximum absolute atomic E-state index is 3.95. The molecular formula is C17H25NS. The van der Waals surface area contributed by atoms with E-state index in [2.05, 4.69) is 55.2 Å². The maximum atomic E-state index is 3.95. The third-order valence-corrected chi connectivity index (χ3v) is 5.67. The second kappa shape index (κ2) is 5.88. The van der Waals surface area contributed by atoms with Crippen molar-refractivity contribution in [3.63, 3.8) is 0 Å². The van der Waals surface area contributed by atoms with Crippen LogP contribution in [0.3, 0.4) is 0 Å². The summed E-state index contributed by atoms with van der Waals surface area (Å²) in [6.45, 7) is 4.82. The van der Waals surface area contributed by atoms with Crippen LogP contribution in [0.2, 0.25) is 0 Å². The zero-order valence-electron chi connectivity index (χ0n) is 12.1. The minimum absolute atomic E-state index is 0.567. The van der Waals surface area contributed by atoms with Crippen molar-refractivity contribution >= 4 is 11.8 Å². The summed E-state index contributed by atoms with van der Waals surface area (Å²) >= 11 is 2.07. The third-order valence-electron chi connectivity index (χ3n) is 4.59. The van der Waals surface area contributed by atoms with Gasteiger partial charge in [0.15, 0.2) is 0 Å². The van der Waals surface area contributed by atoms with Gasteiger partial charge in [0.2, 0.25) is 0 Å². The van der Waals surface area contributed by atoms with Gasteiger partial charge in [0.05, 0.1) is 0 Å². The molecule has 3 atom stereocenters. The standard InChI is InChI=1S/C17H25NS/c1-12-7-13(2)9-15(8-12)18-17-11-19-10-14-5-3-4-6-16(14)17/h3-6,12-13,15,17-18H,7-11H2,1-2H3. The van der Waals surface area contributed by atoms with E-state index in [9.17, 15) is 0 Å². The van der Waals surface area contributed by atoms with Gasteiger partial charge in [0.1, 0.15) is 0 Å². The Kier molecular flexibility index (Phi) is 4.18. The summed E-state index contributed by atoms with van der Waals surface area (Å²) in [5, 5.41) is 3.95. The molecule has 19 heavy (non-hydrogen) atoms. The zero-order valence-corrected chi connectivity index (χ0v) is 12.9. The molecule has 1 saturated carbocycles. The summed E-state index contributed by atoms with van der Waals surface area (Å²) < 4.78 is 0. The first kappa shape index (κ1) is 13.5. The van der Waals surface area contributed by atoms with Crippen LogP contribution in [-0.2, 0) is 5.75 Å². The summed E-state index contributed by atoms with van der Waals surface area (Å²) in [6.07, 6.45) is 4.12. The lowest BCUT2D eigenvalue weighted by molar-refractivity contribution is 0.229. The predicted molar refractivity (Wildman–Crippen MR) is 84.4 cm³/mol. The topological polar surface area (TPSA) is 12.0 Å². The smallest absolute Gasteiger partial charge is 0.0417 e. The second-order valence-corrected chi connectivity index (χ2v) is 7.58. The number of hydrogen-bond acceptors (Lipinski definition) is 2. The van der Waals surface area contributed by atoms with Crippen molar-refractivity contribution < 1.29 is 0 Å². The SMILES string of the molecule is CC1CC(C)CC(NC2CSCc3ccccc32)C1. The van der Waals surface area contributed by atoms with Gasteiger partial charge in [-0.15, -0.1) is 0 Å². The molecule has 3 unspecified atom stereocenters. The number of fused-ring (bicyclic) bond motifs is 1. The molecule has 1 aromatic carbocycles. The predicted octanol–water partition coefficient (Wildman–Crippen LogP) is 4.39. The first-order chi connectivity index (χ1) is 9.22. The van der Waals surface area contributed by atoms with E-state index in [1.165, 1.54) is 36.3 Å². The van der Waals surface area contributed by atoms with E-state index in [1.807, 2.05) is 0 Å². The molecule has 1 N–H and O–H groups in total. The Labute approximate surface area is 121 Å². The van der Waals surface area contributed by atoms with Crippen molar-refractivity contribution in [2.45, 2.75) is 50.9 Å². The van der Waals surface area contributed by atoms with E-state index in [4.69, 9.17) is 0 Å². The average molecular weight is 275 g/mol. The summed E-state index contributed by atoms with van der Waals surface area (Å²) in [4.78, 5) is 0. The van der Waals surface area contributed by atoms with Crippen LogP contribution in [0.15, 0.2) is 24.3 Å². The molecule has 1 aliphatic heterocycles. The molecule has 1 aromatic rings. The molecule has 1 heterocycles. The molecule has 0 amide bonds. The van der Waals surface area contributed by atoms with Crippen LogP contribution < -0.4 is 5.32 Å². The Morgan fingerprint density at radius 1 is 1.05 bits per heavy atom. The minimum Gasteiger partial charge on any atom is -0.306 e. The molecule has 1 nitrogen and oxygen atoms in total. The van der Waals surface area contributed by atoms with Crippen LogP contribution in [0, 0.1) is 11.8 Å². The Morgan fingerprint density at radius 2 is 1.79 bits per heavy atom. The zero-order chi connectivity index (χ0) is 13.2. The van der Waals surface area contributed by atoms with Crippen LogP contribution in [-0.4, -0.2) is 11.8 Å². The fourth-order valence-electron chi connectivity index (χ4n) is 3.89. The van der Waals surface area contributed by atoms with E-state index >= 15 is 0 Å². The van der Waals surface area contributed by atoms with E-state index < -0.39 is 0 Å². The van der Waals surface area contributed by atoms with Gasteiger partial charge >= 0.3 is 0 Å². The highest BCUT2D eigenvalue weighted by Gasteiger charge is 2.28. The molecule has 0 aromatic heterocycles. The lowest BCUT2D eigenvalue weighted by Crippen LogP contribution is -2.40. The van der Waals surface area contributed by atoms with Crippen molar-refractivity contribution in [1.82, 2.24) is 5.32 Å². The van der Waals surface area contributed by atoms with Gasteiger partial charge in [-0.1, -0.05) is 38.1 Å². The Balaban J connectivity index is 1.70. The molecule has 1 fully saturated rings. The molecule has 0 bridgehead atoms. The van der Waals surface area contributed by atoms with E-state index in [-0.39, 0.29) is 0 Å². The number of thioether (sulfide) groups is 1. The summed E-state index contributed by atoms with van der Waals surface area (Å²) in [6, 6.07) is 10.3. The van der Waals surface area contributed by atoms with Crippen LogP contribution in [0.4, 0.5) is 0 Å². The highest BCUT2D eigenvalue weighted by Crippen LogP contribution is 2.34. The number of nitrogens with one attached hydrogen (secondary N) is 1. The molecule has 0 spiro atoms. The van der Waals surface area contributed by atoms with Gasteiger partial charge < -0.3 is 5.32 Å². The maximum Gasteiger partial charge on any atom is 0.0417 e. The van der Waals surface area contributed by atoms with Gasteiger partial charge in [-0.3, -0.25) is 0 Å². The number of benzene rings is 1. The molecule has 0 radical (unpaired) electrons. The highest BCUT2D eigenvalue weighted by molar-refractivity contribution is 7.98. The molecule has 1 aliphatic carbocycles. The first-order valence-corrected chi connectivity index (χ1v) is 8.79. The van der Waals surface area contributed by atoms with Crippen molar-refractivity contribution in [2.24, 2.45) is 11.8 Å². The second-order valence-electron chi connectivity index (χ2n) is 6.55. The monoisotopic (exact) mass is 275 g/mol. The van der Waals surface area contributed by atoms with Crippen LogP contribution in [0.1, 0.15) is 50.3 Å². The Bertz CT molecular complexity index is 421. The van der Waals surface area contributed by atoms with Gasteiger partial charge in [0.25, 0.3) is 0 Å². The normalized spacial score (nSPS) is 34.8. The fraction of sp³-hybridized carbons (Fsp3) is 0.647. The van der Waals surface area contributed by atoms with Gasteiger partial charge in [-0.05, 0) is 42.2 Å². The molecule has 0 saturated heterocycles. The molecule has 3 rings (SSSR count). The van der Waals surface area contributed by atoms with Crippen LogP contribution >= 0.6 is 11.8 Å². The number of rotatable bonds is 2. The van der Waals surface area contributed by atoms with E-state index in [0.29, 0.717) is 6.04 Å². The third kappa shape index (κ3) is 3.17. The van der Waals surface area contributed by atoms with Crippen molar-refractivity contribution in [3.05, 3.63) is 35.4 Å². The summed E-state index contributed by atoms with van der Waals surface area (Å²) in [5.74, 6) is 4.18. The van der Waals surface area contributed by atoms with Gasteiger partial charge in [-0.25, -0.2) is 0 Å². The van der Waals surface area contributed by atoms with Crippen LogP contribution in [0.5, 0.6) is 0 Å². The molecule has 2 heteroatoms. The lowest BCUT2D eigenvalue weighted by atomic mass is 9.80. The van der Waals surface area contributed by atoms with E-state index in [1.54, 1.807) is 5.56 Å². The van der Waals surface area contributed by atoms with Crippen LogP contribution in [0.25, 0.3) is 0 Å². The van der Waals surface area contributed by atoms with E-state index in [0.717, 1.165) is 17.9 Å². The molecule has 2 aliphatic rings. The highest BCUT2D eigenvalue weighted by atomic mass is 32.2. The quantitative estimate of drug-likeness (QED) is 0.859. The van der Waals surface area contributed by atoms with Crippen molar-refractivity contribution in [1.29, 1.82) is 0 Å². The average Bonchev–Trinajstić information content (AvgIpc) is 2.38. The van der Waals surface area contributed by atoms with Gasteiger partial charge in [0, 0.05) is 23.6 Å². The lowest BCUT2D eigenvalue weighted by Gasteiger charge is -2.36. The summed E-state index contributed by atoms with van der Waals surface area (Å²) in [5.41, 5.74) is 3.08. The fourth-order valence-corrected chi connectivity index (χ4v) is 5.00. The molecular weight excluding hydrogens is 250 g/mol. The van der Waals surface area contributed by atoms with Crippen molar-refractivity contribution in [3.8, 4) is 0 Å². The molecule has 104 valence electrons. The van der Waals surface area contributed by atoms with Crippen molar-refractivity contribution in [2.75, 3.05) is 5.75 Å². The number of hydrogen-bond donors (Lipinski definition) is 1. The Hall–Kier alpha value is -0.470. The first-order valence-electron chi connectivity index (χ1n) is 7.64. The summed E-state index contributed by atoms with van der Waals surface area (Å²) in [7, 11) is 0. The minimum atomic E-state index is 0.567. The Morgan fingerprint density at radius 3 is 2.58 bits per heavy atom.